The molecule has 2 heterocycles. The molecule has 0 amide bonds. The van der Waals surface area contributed by atoms with Gasteiger partial charge in [-0.3, -0.25) is 4.79 Å². The first-order chi connectivity index (χ1) is 14.0. The Morgan fingerprint density at radius 2 is 2.00 bits per heavy atom. The number of pyridine rings is 1. The summed E-state index contributed by atoms with van der Waals surface area (Å²) in [6.07, 6.45) is 0. The summed E-state index contributed by atoms with van der Waals surface area (Å²) < 4.78 is 21.9. The van der Waals surface area contributed by atoms with Crippen LogP contribution >= 0.6 is 11.8 Å². The van der Waals surface area contributed by atoms with Crippen molar-refractivity contribution in [3.8, 4) is 11.1 Å². The highest BCUT2D eigenvalue weighted by molar-refractivity contribution is 8.00. The second-order valence-corrected chi connectivity index (χ2v) is 8.20. The molecule has 0 saturated carbocycles. The molecule has 4 rings (SSSR count). The number of halogens is 1. The number of hydrogen-bond donors (Lipinski definition) is 1. The third kappa shape index (κ3) is 3.24. The summed E-state index contributed by atoms with van der Waals surface area (Å²) in [5.41, 5.74) is 2.39. The fraction of sp³-hybridized carbons (Fsp3) is 0.273. The lowest BCUT2D eigenvalue weighted by Gasteiger charge is -2.33. The van der Waals surface area contributed by atoms with Crippen molar-refractivity contribution in [2.24, 2.45) is 0 Å². The van der Waals surface area contributed by atoms with Crippen LogP contribution in [0.2, 0.25) is 0 Å². The quantitative estimate of drug-likeness (QED) is 0.632. The monoisotopic (exact) mass is 412 g/mol. The van der Waals surface area contributed by atoms with Crippen molar-refractivity contribution in [3.05, 3.63) is 63.6 Å². The number of rotatable bonds is 5. The first kappa shape index (κ1) is 19.7. The lowest BCUT2D eigenvalue weighted by Crippen LogP contribution is -2.29. The van der Waals surface area contributed by atoms with E-state index in [1.807, 2.05) is 42.8 Å². The zero-order chi connectivity index (χ0) is 20.7. The minimum absolute atomic E-state index is 0.00832. The van der Waals surface area contributed by atoms with Gasteiger partial charge in [0.1, 0.15) is 11.4 Å². The van der Waals surface area contributed by atoms with Gasteiger partial charge in [0.05, 0.1) is 22.5 Å². The Morgan fingerprint density at radius 3 is 2.62 bits per heavy atom. The number of aromatic nitrogens is 1. The number of hydrogen-bond acceptors (Lipinski definition) is 5. The van der Waals surface area contributed by atoms with Gasteiger partial charge >= 0.3 is 5.97 Å². The van der Waals surface area contributed by atoms with Crippen LogP contribution in [0.25, 0.3) is 22.0 Å². The van der Waals surface area contributed by atoms with Crippen LogP contribution in [0.1, 0.15) is 35.1 Å². The second kappa shape index (κ2) is 7.65. The number of carbonyl (C=O) groups is 1. The van der Waals surface area contributed by atoms with Gasteiger partial charge in [0.2, 0.25) is 5.43 Å². The zero-order valence-electron chi connectivity index (χ0n) is 16.4. The molecule has 0 radical (unpaired) electrons. The second-order valence-electron chi connectivity index (χ2n) is 6.89. The van der Waals surface area contributed by atoms with E-state index < -0.39 is 17.2 Å². The highest BCUT2D eigenvalue weighted by atomic mass is 32.2. The van der Waals surface area contributed by atoms with Gasteiger partial charge in [-0.2, -0.15) is 0 Å². The van der Waals surface area contributed by atoms with Gasteiger partial charge in [-0.05, 0) is 44.2 Å². The van der Waals surface area contributed by atoms with E-state index in [0.717, 1.165) is 17.7 Å². The van der Waals surface area contributed by atoms with Crippen LogP contribution in [-0.4, -0.2) is 24.2 Å². The van der Waals surface area contributed by atoms with Gasteiger partial charge in [-0.15, -0.1) is 0 Å². The maximum Gasteiger partial charge on any atom is 0.344 e. The van der Waals surface area contributed by atoms with E-state index >= 15 is 0 Å². The third-order valence-electron chi connectivity index (χ3n) is 5.02. The van der Waals surface area contributed by atoms with Crippen LogP contribution in [0.3, 0.4) is 0 Å². The standard InChI is InChI=1S/C22H21FN2O3S/c1-4-28-22(27)19-20(26)16-9-17(23)15(10-18(16)25-12(2)29-21(19)25)14-7-5-13(6-8-14)11-24-3/h5-10,12,24H,4,11H2,1-3H3. The van der Waals surface area contributed by atoms with Crippen LogP contribution < -0.4 is 10.7 Å². The Labute approximate surface area is 171 Å². The van der Waals surface area contributed by atoms with Crippen molar-refractivity contribution in [1.29, 1.82) is 0 Å². The van der Waals surface area contributed by atoms with Gasteiger partial charge in [0, 0.05) is 17.5 Å². The summed E-state index contributed by atoms with van der Waals surface area (Å²) in [4.78, 5) is 25.3. The van der Waals surface area contributed by atoms with Gasteiger partial charge in [-0.25, -0.2) is 9.18 Å². The molecule has 0 fully saturated rings. The normalized spacial score (nSPS) is 15.1. The van der Waals surface area contributed by atoms with E-state index in [0.29, 0.717) is 16.1 Å². The lowest BCUT2D eigenvalue weighted by atomic mass is 10.00. The molecule has 1 aliphatic heterocycles. The molecule has 2 aromatic carbocycles. The third-order valence-corrected chi connectivity index (χ3v) is 6.20. The molecular weight excluding hydrogens is 391 g/mol. The molecule has 1 aliphatic rings. The Hall–Kier alpha value is -2.64. The Kier molecular flexibility index (Phi) is 5.19. The van der Waals surface area contributed by atoms with Crippen LogP contribution in [0, 0.1) is 5.82 Å². The fourth-order valence-electron chi connectivity index (χ4n) is 3.66. The van der Waals surface area contributed by atoms with E-state index in [-0.39, 0.29) is 22.9 Å². The molecule has 0 spiro atoms. The molecule has 1 N–H and O–H groups in total. The van der Waals surface area contributed by atoms with Gasteiger partial charge in [0.15, 0.2) is 0 Å². The molecule has 0 aliphatic carbocycles. The molecule has 7 heteroatoms. The minimum Gasteiger partial charge on any atom is -0.462 e. The number of fused-ring (bicyclic) bond motifs is 3. The van der Waals surface area contributed by atoms with Crippen molar-refractivity contribution in [2.45, 2.75) is 30.8 Å². The Balaban J connectivity index is 1.91. The zero-order valence-corrected chi connectivity index (χ0v) is 17.2. The van der Waals surface area contributed by atoms with Crippen LogP contribution in [0.4, 0.5) is 4.39 Å². The maximum atomic E-state index is 15.0. The summed E-state index contributed by atoms with van der Waals surface area (Å²) >= 11 is 1.44. The van der Waals surface area contributed by atoms with Gasteiger partial charge in [0.25, 0.3) is 0 Å². The molecule has 5 nitrogen and oxygen atoms in total. The van der Waals surface area contributed by atoms with E-state index in [4.69, 9.17) is 4.74 Å². The molecule has 150 valence electrons. The van der Waals surface area contributed by atoms with Gasteiger partial charge in [-0.1, -0.05) is 36.0 Å². The van der Waals surface area contributed by atoms with E-state index in [2.05, 4.69) is 5.32 Å². The number of esters is 1. The van der Waals surface area contributed by atoms with Crippen molar-refractivity contribution in [2.75, 3.05) is 13.7 Å². The first-order valence-corrected chi connectivity index (χ1v) is 10.3. The topological polar surface area (TPSA) is 60.3 Å². The number of benzene rings is 2. The molecule has 0 bridgehead atoms. The first-order valence-electron chi connectivity index (χ1n) is 9.45. The summed E-state index contributed by atoms with van der Waals surface area (Å²) in [5, 5.41) is 3.89. The lowest BCUT2D eigenvalue weighted by molar-refractivity contribution is 0.0518. The number of ether oxygens (including phenoxy) is 1. The molecule has 0 saturated heterocycles. The number of carbonyl (C=O) groups excluding carboxylic acids is 1. The van der Waals surface area contributed by atoms with Crippen LogP contribution in [0.15, 0.2) is 46.2 Å². The smallest absolute Gasteiger partial charge is 0.344 e. The maximum absolute atomic E-state index is 15.0. The number of thioether (sulfide) groups is 1. The van der Waals surface area contributed by atoms with Gasteiger partial charge < -0.3 is 14.6 Å². The summed E-state index contributed by atoms with van der Waals surface area (Å²) in [5.74, 6) is -1.15. The molecule has 3 aromatic rings. The molecule has 1 atom stereocenters. The summed E-state index contributed by atoms with van der Waals surface area (Å²) in [6, 6.07) is 10.6. The number of nitrogens with zero attached hydrogens (tertiary/aromatic N) is 1. The largest absolute Gasteiger partial charge is 0.462 e. The summed E-state index contributed by atoms with van der Waals surface area (Å²) in [6.45, 7) is 4.57. The molecule has 1 unspecified atom stereocenters. The van der Waals surface area contributed by atoms with E-state index in [9.17, 15) is 14.0 Å². The predicted octanol–water partition coefficient (Wildman–Crippen LogP) is 4.33. The van der Waals surface area contributed by atoms with Crippen molar-refractivity contribution in [3.63, 3.8) is 0 Å². The van der Waals surface area contributed by atoms with E-state index in [1.165, 1.54) is 17.8 Å². The van der Waals surface area contributed by atoms with Crippen LogP contribution in [-0.2, 0) is 11.3 Å². The Bertz CT molecular complexity index is 1170. The number of nitrogens with one attached hydrogen (secondary N) is 1. The highest BCUT2D eigenvalue weighted by Gasteiger charge is 2.33. The summed E-state index contributed by atoms with van der Waals surface area (Å²) in [7, 11) is 1.87. The average Bonchev–Trinajstić information content (AvgIpc) is 2.69. The van der Waals surface area contributed by atoms with Crippen molar-refractivity contribution >= 4 is 28.6 Å². The minimum atomic E-state index is -0.660. The molecular formula is C22H21FN2O3S. The SMILES string of the molecule is CCOC(=O)c1c2n(c3cc(-c4ccc(CNC)cc4)c(F)cc3c1=O)C(C)S2. The van der Waals surface area contributed by atoms with Crippen LogP contribution in [0.5, 0.6) is 0 Å². The van der Waals surface area contributed by atoms with E-state index in [1.54, 1.807) is 13.0 Å². The van der Waals surface area contributed by atoms with Crippen molar-refractivity contribution in [1.82, 2.24) is 9.88 Å². The molecule has 29 heavy (non-hydrogen) atoms. The average molecular weight is 412 g/mol. The highest BCUT2D eigenvalue weighted by Crippen LogP contribution is 2.46. The Morgan fingerprint density at radius 1 is 1.28 bits per heavy atom. The predicted molar refractivity (Wildman–Crippen MR) is 113 cm³/mol. The van der Waals surface area contributed by atoms with Crippen molar-refractivity contribution < 1.29 is 13.9 Å². The molecule has 1 aromatic heterocycles. The fourth-order valence-corrected chi connectivity index (χ4v) is 4.81.